The molecule has 1 N–H and O–H groups in total. The summed E-state index contributed by atoms with van der Waals surface area (Å²) in [6.45, 7) is 5.34. The molecule has 2 aliphatic carbocycles. The number of hydrogen-bond donors (Lipinski definition) is 1. The van der Waals surface area contributed by atoms with Crippen molar-refractivity contribution in [2.45, 2.75) is 48.9 Å². The minimum atomic E-state index is -0.722. The lowest BCUT2D eigenvalue weighted by Gasteiger charge is -2.34. The number of hydrogen-bond acceptors (Lipinski definition) is 8. The number of nitrogens with one attached hydrogen (secondary N) is 1. The monoisotopic (exact) mass is 967 g/mol. The second-order valence-electron chi connectivity index (χ2n) is 19.2. The van der Waals surface area contributed by atoms with E-state index in [4.69, 9.17) is 33.2 Å². The summed E-state index contributed by atoms with van der Waals surface area (Å²) in [5, 5.41) is 2.90. The predicted octanol–water partition coefficient (Wildman–Crippen LogP) is 12.3. The first-order valence-corrected chi connectivity index (χ1v) is 25.5. The number of amides is 1. The molecule has 2 fully saturated rings. The van der Waals surface area contributed by atoms with Crippen LogP contribution in [0.15, 0.2) is 194 Å². The van der Waals surface area contributed by atoms with Gasteiger partial charge in [-0.3, -0.25) is 0 Å². The maximum Gasteiger partial charge on any atom is 0.407 e. The van der Waals surface area contributed by atoms with Gasteiger partial charge in [0.15, 0.2) is 6.10 Å². The molecule has 2 atom stereocenters. The van der Waals surface area contributed by atoms with Crippen molar-refractivity contribution in [1.29, 1.82) is 0 Å². The summed E-state index contributed by atoms with van der Waals surface area (Å²) >= 11 is 0. The van der Waals surface area contributed by atoms with Gasteiger partial charge in [-0.05, 0) is 122 Å². The van der Waals surface area contributed by atoms with Crippen LogP contribution in [0, 0.1) is 0 Å². The Hall–Kier alpha value is -7.85. The average molecular weight is 968 g/mol. The van der Waals surface area contributed by atoms with Gasteiger partial charge in [0.2, 0.25) is 0 Å². The zero-order valence-electron chi connectivity index (χ0n) is 40.8. The zero-order chi connectivity index (χ0) is 49.2. The Balaban J connectivity index is 0.803. The molecule has 4 aliphatic rings. The lowest BCUT2D eigenvalue weighted by Crippen LogP contribution is -2.36. The molecule has 8 aromatic carbocycles. The fraction of sp³-hybridized carbons (Fsp3) is 0.234. The highest BCUT2D eigenvalue weighted by atomic mass is 16.6. The molecule has 8 aromatic rings. The van der Waals surface area contributed by atoms with Crippen molar-refractivity contribution in [3.05, 3.63) is 239 Å². The van der Waals surface area contributed by atoms with Gasteiger partial charge < -0.3 is 38.5 Å². The molecule has 2 unspecified atom stereocenters. The summed E-state index contributed by atoms with van der Waals surface area (Å²) in [6.07, 6.45) is 0.916. The highest BCUT2D eigenvalue weighted by Gasteiger charge is 2.47. The third-order valence-electron chi connectivity index (χ3n) is 14.7. The van der Waals surface area contributed by atoms with Gasteiger partial charge in [-0.1, -0.05) is 159 Å². The van der Waals surface area contributed by atoms with Gasteiger partial charge in [-0.2, -0.15) is 0 Å². The Morgan fingerprint density at radius 3 is 1.11 bits per heavy atom. The van der Waals surface area contributed by atoms with E-state index < -0.39 is 23.0 Å². The van der Waals surface area contributed by atoms with E-state index in [1.807, 2.05) is 24.3 Å². The Morgan fingerprint density at radius 1 is 0.479 bits per heavy atom. The third-order valence-corrected chi connectivity index (χ3v) is 14.7. The normalized spacial score (nSPS) is 17.2. The number of carbonyl (C=O) groups is 1. The van der Waals surface area contributed by atoms with Gasteiger partial charge in [0.25, 0.3) is 0 Å². The molecule has 9 heteroatoms. The van der Waals surface area contributed by atoms with Crippen molar-refractivity contribution >= 4 is 6.09 Å². The summed E-state index contributed by atoms with van der Waals surface area (Å²) in [5.74, 6) is 2.92. The lowest BCUT2D eigenvalue weighted by molar-refractivity contribution is 0.0355. The van der Waals surface area contributed by atoms with Gasteiger partial charge >= 0.3 is 6.09 Å². The molecule has 12 rings (SSSR count). The zero-order valence-corrected chi connectivity index (χ0v) is 40.8. The Morgan fingerprint density at radius 2 is 0.795 bits per heavy atom. The van der Waals surface area contributed by atoms with Gasteiger partial charge in [-0.15, -0.1) is 0 Å². The van der Waals surface area contributed by atoms with E-state index in [0.29, 0.717) is 31.3 Å². The first kappa shape index (κ1) is 46.2. The third kappa shape index (κ3) is 8.87. The van der Waals surface area contributed by atoms with Crippen LogP contribution in [-0.4, -0.2) is 70.6 Å². The summed E-state index contributed by atoms with van der Waals surface area (Å²) < 4.78 is 41.8. The minimum Gasteiger partial charge on any atom is -0.491 e. The Labute approximate surface area is 426 Å². The van der Waals surface area contributed by atoms with Crippen molar-refractivity contribution in [1.82, 2.24) is 5.32 Å². The molecule has 0 saturated carbocycles. The topological polar surface area (TPSA) is 100 Å². The van der Waals surface area contributed by atoms with Gasteiger partial charge in [0.1, 0.15) is 61.6 Å². The maximum absolute atomic E-state index is 13.2. The SMILES string of the molecule is CCCCNC(=O)OC(COc1ccc(C2(c3ccc(OCC4CO4)cc3)c3ccccc3-c3ccccc32)cc1)COc1ccc(C2(c3ccc(OCC4CO4)cc3)c3ccccc3-c3ccccc32)cc1. The molecule has 2 aliphatic heterocycles. The highest BCUT2D eigenvalue weighted by molar-refractivity contribution is 5.87. The van der Waals surface area contributed by atoms with Crippen molar-refractivity contribution in [3.8, 4) is 45.3 Å². The van der Waals surface area contributed by atoms with Crippen molar-refractivity contribution in [3.63, 3.8) is 0 Å². The van der Waals surface area contributed by atoms with Crippen LogP contribution < -0.4 is 24.3 Å². The number of fused-ring (bicyclic) bond motifs is 6. The molecule has 366 valence electrons. The highest BCUT2D eigenvalue weighted by Crippen LogP contribution is 2.58. The smallest absolute Gasteiger partial charge is 0.407 e. The number of rotatable bonds is 20. The molecule has 2 heterocycles. The van der Waals surface area contributed by atoms with Crippen LogP contribution in [0.5, 0.6) is 23.0 Å². The Kier molecular flexibility index (Phi) is 12.7. The number of benzene rings is 8. The minimum absolute atomic E-state index is 0.0763. The van der Waals surface area contributed by atoms with Gasteiger partial charge in [0, 0.05) is 6.54 Å². The number of carbonyl (C=O) groups excluding carboxylic acids is 1. The number of epoxide rings is 2. The van der Waals surface area contributed by atoms with Crippen LogP contribution in [0.25, 0.3) is 22.3 Å². The summed E-state index contributed by atoms with van der Waals surface area (Å²) in [7, 11) is 0. The molecule has 1 amide bonds. The van der Waals surface area contributed by atoms with E-state index in [-0.39, 0.29) is 25.4 Å². The van der Waals surface area contributed by atoms with E-state index in [2.05, 4.69) is 182 Å². The first-order chi connectivity index (χ1) is 36.0. The molecule has 2 saturated heterocycles. The molecular weight excluding hydrogens is 911 g/mol. The van der Waals surface area contributed by atoms with Crippen molar-refractivity contribution < 1.29 is 38.0 Å². The fourth-order valence-electron chi connectivity index (χ4n) is 11.0. The van der Waals surface area contributed by atoms with E-state index in [1.165, 1.54) is 44.5 Å². The van der Waals surface area contributed by atoms with Crippen LogP contribution in [0.2, 0.25) is 0 Å². The predicted molar refractivity (Wildman–Crippen MR) is 282 cm³/mol. The Bertz CT molecular complexity index is 2920. The van der Waals surface area contributed by atoms with Crippen LogP contribution in [-0.2, 0) is 25.0 Å². The van der Waals surface area contributed by atoms with Crippen molar-refractivity contribution in [2.24, 2.45) is 0 Å². The number of ether oxygens (including phenoxy) is 7. The largest absolute Gasteiger partial charge is 0.491 e. The second kappa shape index (κ2) is 20.0. The summed E-state index contributed by atoms with van der Waals surface area (Å²) in [4.78, 5) is 13.2. The molecule has 0 aromatic heterocycles. The van der Waals surface area contributed by atoms with E-state index in [1.54, 1.807) is 0 Å². The number of alkyl carbamates (subject to hydrolysis) is 1. The molecule has 73 heavy (non-hydrogen) atoms. The molecule has 0 spiro atoms. The summed E-state index contributed by atoms with van der Waals surface area (Å²) in [6, 6.07) is 68.3. The quantitative estimate of drug-likeness (QED) is 0.0595. The van der Waals surface area contributed by atoms with Crippen molar-refractivity contribution in [2.75, 3.05) is 46.2 Å². The van der Waals surface area contributed by atoms with Crippen LogP contribution in [0.3, 0.4) is 0 Å². The van der Waals surface area contributed by atoms with E-state index in [0.717, 1.165) is 59.8 Å². The molecule has 9 nitrogen and oxygen atoms in total. The second-order valence-corrected chi connectivity index (χ2v) is 19.2. The molecule has 0 bridgehead atoms. The average Bonchev–Trinajstić information content (AvgIpc) is 4.40. The lowest BCUT2D eigenvalue weighted by atomic mass is 9.68. The van der Waals surface area contributed by atoms with Crippen LogP contribution >= 0.6 is 0 Å². The standard InChI is InChI=1S/C64H57NO8/c1-2-3-36-65-62(66)73-53(41-69-49-32-24-45(25-33-49)63(43-20-28-47(29-21-43)67-37-51-39-71-51)58-16-8-4-12-54(58)55-13-5-9-17-59(55)63)42-70-50-34-26-46(27-35-50)64(44-22-30-48(31-23-44)68-38-52-40-72-52)60-18-10-6-14-56(60)57-15-7-11-19-61(57)64/h4-35,51-53H,2-3,36-42H2,1H3,(H,65,66). The number of unbranched alkanes of at least 4 members (excludes halogenated alkanes) is 1. The van der Waals surface area contributed by atoms with E-state index >= 15 is 0 Å². The summed E-state index contributed by atoms with van der Waals surface area (Å²) in [5.41, 5.74) is 13.0. The first-order valence-electron chi connectivity index (χ1n) is 25.5. The fourth-order valence-corrected chi connectivity index (χ4v) is 11.0. The van der Waals surface area contributed by atoms with Gasteiger partial charge in [-0.25, -0.2) is 4.79 Å². The van der Waals surface area contributed by atoms with E-state index in [9.17, 15) is 4.79 Å². The van der Waals surface area contributed by atoms with Gasteiger partial charge in [0.05, 0.1) is 24.0 Å². The molecule has 0 radical (unpaired) electrons. The maximum atomic E-state index is 13.2. The molecular formula is C64H57NO8. The van der Waals surface area contributed by atoms with Crippen LogP contribution in [0.4, 0.5) is 4.79 Å². The van der Waals surface area contributed by atoms with Crippen LogP contribution in [0.1, 0.15) is 64.3 Å².